The third-order valence-electron chi connectivity index (χ3n) is 6.93. The maximum Gasteiger partial charge on any atom is 0.257 e. The number of piperazine rings is 1. The van der Waals surface area contributed by atoms with Crippen molar-refractivity contribution in [3.8, 4) is 11.8 Å². The second kappa shape index (κ2) is 11.9. The van der Waals surface area contributed by atoms with Gasteiger partial charge in [-0.05, 0) is 72.9 Å². The van der Waals surface area contributed by atoms with Gasteiger partial charge in [0.15, 0.2) is 5.13 Å². The number of allylic oxidation sites excluding steroid dienone is 3. The minimum Gasteiger partial charge on any atom is -0.361 e. The van der Waals surface area contributed by atoms with Gasteiger partial charge in [0, 0.05) is 52.4 Å². The van der Waals surface area contributed by atoms with E-state index in [4.69, 9.17) is 0 Å². The zero-order chi connectivity index (χ0) is 27.4. The summed E-state index contributed by atoms with van der Waals surface area (Å²) in [6.45, 7) is 10.7. The van der Waals surface area contributed by atoms with Gasteiger partial charge in [-0.15, -0.1) is 5.10 Å². The van der Waals surface area contributed by atoms with Crippen LogP contribution in [0.3, 0.4) is 0 Å². The first-order chi connectivity index (χ1) is 18.9. The van der Waals surface area contributed by atoms with Gasteiger partial charge in [0.05, 0.1) is 11.1 Å². The van der Waals surface area contributed by atoms with E-state index in [0.717, 1.165) is 66.9 Å². The number of fused-ring (bicyclic) bond motifs is 1. The number of benzene rings is 1. The molecule has 4 heterocycles. The van der Waals surface area contributed by atoms with Crippen LogP contribution >= 0.6 is 11.3 Å². The number of aromatic nitrogens is 1. The predicted octanol–water partition coefficient (Wildman–Crippen LogP) is 3.88. The van der Waals surface area contributed by atoms with Gasteiger partial charge in [-0.1, -0.05) is 30.1 Å². The molecule has 0 bridgehead atoms. The molecule has 9 heteroatoms. The molecule has 2 aromatic rings. The Labute approximate surface area is 234 Å². The van der Waals surface area contributed by atoms with Crippen LogP contribution in [0.4, 0.5) is 5.13 Å². The van der Waals surface area contributed by atoms with E-state index in [0.29, 0.717) is 10.7 Å². The first-order valence-corrected chi connectivity index (χ1v) is 14.0. The third kappa shape index (κ3) is 6.39. The second-order valence-electron chi connectivity index (χ2n) is 9.83. The molecule has 200 valence electrons. The maximum atomic E-state index is 12.9. The molecule has 0 unspecified atom stereocenters. The number of anilines is 1. The van der Waals surface area contributed by atoms with E-state index in [-0.39, 0.29) is 5.91 Å². The Morgan fingerprint density at radius 3 is 2.69 bits per heavy atom. The smallest absolute Gasteiger partial charge is 0.257 e. The highest BCUT2D eigenvalue weighted by atomic mass is 32.1. The number of hydrogen-bond donors (Lipinski definition) is 1. The number of aryl methyl sites for hydroxylation is 1. The molecule has 39 heavy (non-hydrogen) atoms. The van der Waals surface area contributed by atoms with E-state index in [9.17, 15) is 4.79 Å². The fourth-order valence-corrected chi connectivity index (χ4v) is 5.18. The van der Waals surface area contributed by atoms with Gasteiger partial charge in [-0.25, -0.2) is 9.99 Å². The molecule has 1 amide bonds. The monoisotopic (exact) mass is 539 g/mol. The van der Waals surface area contributed by atoms with Crippen LogP contribution in [0.25, 0.3) is 0 Å². The molecule has 8 nitrogen and oxygen atoms in total. The van der Waals surface area contributed by atoms with Crippen molar-refractivity contribution in [3.05, 3.63) is 87.4 Å². The van der Waals surface area contributed by atoms with Gasteiger partial charge in [0.2, 0.25) is 0 Å². The Morgan fingerprint density at radius 1 is 1.15 bits per heavy atom. The summed E-state index contributed by atoms with van der Waals surface area (Å²) in [6, 6.07) is 5.94. The number of likely N-dealkylation sites (N-methyl/N-ethyl adjacent to an activating group) is 2. The van der Waals surface area contributed by atoms with Crippen LogP contribution in [0, 0.1) is 18.8 Å². The number of carbonyl (C=O) groups excluding carboxylic acids is 1. The SMILES string of the molecule is CCN1CCN(Cc2ccc(C(=O)Nc3ncc(C#CC4=CC=C=C5C=CC(N(C)C)=NN54)s3)cc2C)CC1. The minimum atomic E-state index is -0.171. The van der Waals surface area contributed by atoms with Crippen LogP contribution in [0.1, 0.15) is 33.3 Å². The third-order valence-corrected chi connectivity index (χ3v) is 7.76. The quantitative estimate of drug-likeness (QED) is 0.460. The molecule has 1 fully saturated rings. The topological polar surface area (TPSA) is 67.3 Å². The van der Waals surface area contributed by atoms with Crippen molar-refractivity contribution in [1.82, 2.24) is 24.7 Å². The van der Waals surface area contributed by atoms with Crippen LogP contribution in [0.15, 0.2) is 70.9 Å². The Balaban J connectivity index is 1.20. The molecular weight excluding hydrogens is 506 g/mol. The predicted molar refractivity (Wildman–Crippen MR) is 157 cm³/mol. The average molecular weight is 540 g/mol. The molecule has 5 rings (SSSR count). The molecule has 1 aromatic carbocycles. The Hall–Kier alpha value is -3.93. The lowest BCUT2D eigenvalue weighted by atomic mass is 10.0. The average Bonchev–Trinajstić information content (AvgIpc) is 3.40. The van der Waals surface area contributed by atoms with E-state index >= 15 is 0 Å². The molecule has 0 atom stereocenters. The van der Waals surface area contributed by atoms with E-state index in [2.05, 4.69) is 62.7 Å². The van der Waals surface area contributed by atoms with Crippen LogP contribution in [-0.4, -0.2) is 83.3 Å². The summed E-state index contributed by atoms with van der Waals surface area (Å²) in [7, 11) is 3.90. The number of hydrazone groups is 1. The van der Waals surface area contributed by atoms with Gasteiger partial charge in [-0.2, -0.15) is 0 Å². The lowest BCUT2D eigenvalue weighted by molar-refractivity contribution is 0.102. The zero-order valence-electron chi connectivity index (χ0n) is 22.9. The van der Waals surface area contributed by atoms with Gasteiger partial charge in [0.25, 0.3) is 5.91 Å². The lowest BCUT2D eigenvalue weighted by Crippen LogP contribution is -2.45. The number of amides is 1. The number of nitrogens with zero attached hydrogens (tertiary/aromatic N) is 6. The number of hydrogen-bond acceptors (Lipinski definition) is 8. The largest absolute Gasteiger partial charge is 0.361 e. The van der Waals surface area contributed by atoms with Crippen molar-refractivity contribution in [2.24, 2.45) is 5.10 Å². The number of rotatable bonds is 5. The number of amidine groups is 1. The summed E-state index contributed by atoms with van der Waals surface area (Å²) in [6.07, 6.45) is 9.32. The molecular formula is C30H33N7OS. The normalized spacial score (nSPS) is 17.0. The Bertz CT molecular complexity index is 1470. The highest BCUT2D eigenvalue weighted by Gasteiger charge is 2.19. The summed E-state index contributed by atoms with van der Waals surface area (Å²) < 4.78 is 0. The van der Waals surface area contributed by atoms with Crippen molar-refractivity contribution < 1.29 is 4.79 Å². The standard InChI is InChI=1S/C30H33N7OS/c1-5-35-15-17-36(18-16-35)21-24-10-9-23(19-22(24)2)29(38)32-30-31-20-27(39-30)13-11-25-7-6-8-26-12-14-28(34(3)4)33-37(25)26/h6-7,9-10,12,14,19-20H,5,15-18,21H2,1-4H3,(H,31,32,38). The highest BCUT2D eigenvalue weighted by molar-refractivity contribution is 7.16. The fraction of sp³-hybridized carbons (Fsp3) is 0.333. The molecule has 0 aliphatic carbocycles. The molecule has 0 radical (unpaired) electrons. The number of carbonyl (C=O) groups is 1. The van der Waals surface area contributed by atoms with E-state index < -0.39 is 0 Å². The Morgan fingerprint density at radius 2 is 1.95 bits per heavy atom. The molecule has 3 aliphatic rings. The van der Waals surface area contributed by atoms with E-state index in [1.807, 2.05) is 55.4 Å². The lowest BCUT2D eigenvalue weighted by Gasteiger charge is -2.34. The summed E-state index contributed by atoms with van der Waals surface area (Å²) in [4.78, 5) is 25.0. The molecule has 1 aromatic heterocycles. The van der Waals surface area contributed by atoms with Crippen LogP contribution in [-0.2, 0) is 6.54 Å². The van der Waals surface area contributed by atoms with Gasteiger partial charge in [0.1, 0.15) is 17.2 Å². The van der Waals surface area contributed by atoms with Gasteiger partial charge in [-0.3, -0.25) is 15.0 Å². The summed E-state index contributed by atoms with van der Waals surface area (Å²) in [5.74, 6) is 7.00. The van der Waals surface area contributed by atoms with E-state index in [1.165, 1.54) is 16.9 Å². The molecule has 0 saturated carbocycles. The van der Waals surface area contributed by atoms with Crippen molar-refractivity contribution >= 4 is 28.2 Å². The van der Waals surface area contributed by atoms with Gasteiger partial charge < -0.3 is 9.80 Å². The van der Waals surface area contributed by atoms with Crippen molar-refractivity contribution in [3.63, 3.8) is 0 Å². The summed E-state index contributed by atoms with van der Waals surface area (Å²) >= 11 is 1.35. The summed E-state index contributed by atoms with van der Waals surface area (Å²) in [5.41, 5.74) is 7.78. The second-order valence-corrected chi connectivity index (χ2v) is 10.9. The highest BCUT2D eigenvalue weighted by Crippen LogP contribution is 2.23. The minimum absolute atomic E-state index is 0.171. The first-order valence-electron chi connectivity index (χ1n) is 13.1. The fourth-order valence-electron chi connectivity index (χ4n) is 4.52. The van der Waals surface area contributed by atoms with Crippen molar-refractivity contribution in [1.29, 1.82) is 0 Å². The number of nitrogens with one attached hydrogen (secondary N) is 1. The van der Waals surface area contributed by atoms with Crippen molar-refractivity contribution in [2.75, 3.05) is 52.1 Å². The van der Waals surface area contributed by atoms with Gasteiger partial charge >= 0.3 is 0 Å². The molecule has 0 spiro atoms. The van der Waals surface area contributed by atoms with Crippen LogP contribution < -0.4 is 5.32 Å². The summed E-state index contributed by atoms with van der Waals surface area (Å²) in [5, 5.41) is 9.88. The Kier molecular flexibility index (Phi) is 8.10. The molecule has 3 aliphatic heterocycles. The first kappa shape index (κ1) is 26.7. The van der Waals surface area contributed by atoms with Crippen molar-refractivity contribution in [2.45, 2.75) is 20.4 Å². The zero-order valence-corrected chi connectivity index (χ0v) is 23.7. The van der Waals surface area contributed by atoms with E-state index in [1.54, 1.807) is 11.2 Å². The van der Waals surface area contributed by atoms with Crippen LogP contribution in [0.5, 0.6) is 0 Å². The van der Waals surface area contributed by atoms with Crippen LogP contribution in [0.2, 0.25) is 0 Å². The number of thiazole rings is 1. The molecule has 1 saturated heterocycles. The maximum absolute atomic E-state index is 12.9. The molecule has 1 N–H and O–H groups in total.